The summed E-state index contributed by atoms with van der Waals surface area (Å²) in [6.07, 6.45) is 13.8. The summed E-state index contributed by atoms with van der Waals surface area (Å²) in [5.74, 6) is 0.00583. The Kier molecular flexibility index (Phi) is 20.6. The van der Waals surface area contributed by atoms with Crippen molar-refractivity contribution in [1.29, 1.82) is 0 Å². The molecule has 0 aliphatic heterocycles. The van der Waals surface area contributed by atoms with E-state index < -0.39 is 5.97 Å². The second-order valence-corrected chi connectivity index (χ2v) is 5.92. The average Bonchev–Trinajstić information content (AvgIpc) is 2.35. The Hall–Kier alpha value is -0.280. The molecule has 0 aliphatic rings. The largest absolute Gasteiger partial charge is 0.481 e. The molecule has 0 amide bonds. The normalized spacial score (nSPS) is 10.2. The molecule has 20 heavy (non-hydrogen) atoms. The molecule has 0 fully saturated rings. The van der Waals surface area contributed by atoms with E-state index in [1.54, 1.807) is 0 Å². The third kappa shape index (κ3) is 30.6. The van der Waals surface area contributed by atoms with Gasteiger partial charge in [0.15, 0.2) is 0 Å². The van der Waals surface area contributed by atoms with Crippen LogP contribution in [0.1, 0.15) is 71.1 Å². The van der Waals surface area contributed by atoms with E-state index in [9.17, 15) is 0 Å². The first kappa shape index (κ1) is 22.0. The third-order valence-corrected chi connectivity index (χ3v) is 3.26. The highest BCUT2D eigenvalue weighted by molar-refractivity contribution is 6.17. The van der Waals surface area contributed by atoms with Gasteiger partial charge in [-0.1, -0.05) is 51.4 Å². The molecule has 0 heterocycles. The molecule has 0 aromatic heterocycles. The molecule has 4 heteroatoms. The highest BCUT2D eigenvalue weighted by Crippen LogP contribution is 2.10. The summed E-state index contributed by atoms with van der Waals surface area (Å²) >= 11 is 5.63. The minimum atomic E-state index is -0.833. The van der Waals surface area contributed by atoms with E-state index in [1.165, 1.54) is 70.8 Å². The number of halogens is 1. The number of carboxylic acid groups (broad SMARTS) is 1. The molecule has 0 aromatic rings. The Morgan fingerprint density at radius 1 is 0.850 bits per heavy atom. The van der Waals surface area contributed by atoms with Gasteiger partial charge in [-0.25, -0.2) is 0 Å². The van der Waals surface area contributed by atoms with Crippen molar-refractivity contribution in [2.24, 2.45) is 0 Å². The number of rotatable bonds is 12. The van der Waals surface area contributed by atoms with E-state index in [4.69, 9.17) is 21.5 Å². The van der Waals surface area contributed by atoms with Crippen molar-refractivity contribution in [2.45, 2.75) is 71.1 Å². The van der Waals surface area contributed by atoms with Gasteiger partial charge in [-0.3, -0.25) is 4.79 Å². The Balaban J connectivity index is 0. The topological polar surface area (TPSA) is 40.5 Å². The zero-order chi connectivity index (χ0) is 15.6. The summed E-state index contributed by atoms with van der Waals surface area (Å²) < 4.78 is 0. The van der Waals surface area contributed by atoms with Gasteiger partial charge in [-0.15, -0.1) is 11.6 Å². The van der Waals surface area contributed by atoms with Crippen LogP contribution in [0.15, 0.2) is 0 Å². The number of aliphatic carboxylic acids is 1. The van der Waals surface area contributed by atoms with E-state index >= 15 is 0 Å². The first-order valence-corrected chi connectivity index (χ1v) is 8.44. The molecule has 0 saturated carbocycles. The van der Waals surface area contributed by atoms with Crippen molar-refractivity contribution in [3.63, 3.8) is 0 Å². The summed E-state index contributed by atoms with van der Waals surface area (Å²) in [5, 5.41) is 7.42. The lowest BCUT2D eigenvalue weighted by Gasteiger charge is -2.08. The predicted octanol–water partition coefficient (Wildman–Crippen LogP) is 4.78. The van der Waals surface area contributed by atoms with Gasteiger partial charge in [0.05, 0.1) is 0 Å². The van der Waals surface area contributed by atoms with Crippen LogP contribution < -0.4 is 0 Å². The molecule has 0 spiro atoms. The van der Waals surface area contributed by atoms with Gasteiger partial charge >= 0.3 is 0 Å². The minimum absolute atomic E-state index is 0.833. The fourth-order valence-electron chi connectivity index (χ4n) is 1.94. The van der Waals surface area contributed by atoms with Gasteiger partial charge in [-0.2, -0.15) is 0 Å². The fourth-order valence-corrected chi connectivity index (χ4v) is 2.13. The van der Waals surface area contributed by atoms with Crippen molar-refractivity contribution in [2.75, 3.05) is 26.5 Å². The summed E-state index contributed by atoms with van der Waals surface area (Å²) in [6, 6.07) is 0. The molecule has 3 nitrogen and oxygen atoms in total. The van der Waals surface area contributed by atoms with Crippen molar-refractivity contribution >= 4 is 17.6 Å². The van der Waals surface area contributed by atoms with Crippen LogP contribution in [0.5, 0.6) is 0 Å². The van der Waals surface area contributed by atoms with Crippen LogP contribution in [-0.4, -0.2) is 42.5 Å². The molecule has 0 radical (unpaired) electrons. The number of carboxylic acids is 1. The molecule has 0 atom stereocenters. The SMILES string of the molecule is CC(=O)O.CN(C)CCCCCCCCCCCCCl. The van der Waals surface area contributed by atoms with Gasteiger partial charge < -0.3 is 10.0 Å². The van der Waals surface area contributed by atoms with Gasteiger partial charge in [0, 0.05) is 12.8 Å². The Morgan fingerprint density at radius 3 is 1.45 bits per heavy atom. The second kappa shape index (κ2) is 18.7. The molecular formula is C16H34ClNO2. The van der Waals surface area contributed by atoms with Crippen molar-refractivity contribution in [1.82, 2.24) is 4.90 Å². The maximum Gasteiger partial charge on any atom is 0.300 e. The Morgan fingerprint density at radius 2 is 1.15 bits per heavy atom. The predicted molar refractivity (Wildman–Crippen MR) is 88.8 cm³/mol. The number of nitrogens with zero attached hydrogens (tertiary/aromatic N) is 1. The zero-order valence-electron chi connectivity index (χ0n) is 13.7. The lowest BCUT2D eigenvalue weighted by atomic mass is 10.1. The molecule has 0 aliphatic carbocycles. The van der Waals surface area contributed by atoms with Crippen molar-refractivity contribution in [3.05, 3.63) is 0 Å². The monoisotopic (exact) mass is 307 g/mol. The number of alkyl halides is 1. The standard InChI is InChI=1S/C14H30ClN.C2H4O2/c1-16(2)14-12-10-8-6-4-3-5-7-9-11-13-15;1-2(3)4/h3-14H2,1-2H3;1H3,(H,3,4). The van der Waals surface area contributed by atoms with Crippen LogP contribution in [0.3, 0.4) is 0 Å². The molecule has 0 bridgehead atoms. The molecule has 0 aromatic carbocycles. The average molecular weight is 308 g/mol. The number of carbonyl (C=O) groups is 1. The highest BCUT2D eigenvalue weighted by Gasteiger charge is 1.93. The number of unbranched alkanes of at least 4 members (excludes halogenated alkanes) is 9. The van der Waals surface area contributed by atoms with Crippen LogP contribution in [0.4, 0.5) is 0 Å². The lowest BCUT2D eigenvalue weighted by Crippen LogP contribution is -2.12. The zero-order valence-corrected chi connectivity index (χ0v) is 14.4. The summed E-state index contributed by atoms with van der Waals surface area (Å²) in [7, 11) is 4.31. The minimum Gasteiger partial charge on any atom is -0.481 e. The molecule has 122 valence electrons. The van der Waals surface area contributed by atoms with Gasteiger partial charge in [0.2, 0.25) is 0 Å². The smallest absolute Gasteiger partial charge is 0.300 e. The number of hydrogen-bond donors (Lipinski definition) is 1. The molecule has 0 saturated heterocycles. The maximum atomic E-state index is 9.00. The third-order valence-electron chi connectivity index (χ3n) is 2.99. The maximum absolute atomic E-state index is 9.00. The van der Waals surface area contributed by atoms with Crippen LogP contribution in [0.2, 0.25) is 0 Å². The van der Waals surface area contributed by atoms with Crippen molar-refractivity contribution in [3.8, 4) is 0 Å². The van der Waals surface area contributed by atoms with Gasteiger partial charge in [0.1, 0.15) is 0 Å². The van der Waals surface area contributed by atoms with Crippen molar-refractivity contribution < 1.29 is 9.90 Å². The summed E-state index contributed by atoms with van der Waals surface area (Å²) in [6.45, 7) is 2.33. The van der Waals surface area contributed by atoms with E-state index in [-0.39, 0.29) is 0 Å². The van der Waals surface area contributed by atoms with Gasteiger partial charge in [-0.05, 0) is 33.5 Å². The van der Waals surface area contributed by atoms with E-state index in [0.29, 0.717) is 0 Å². The van der Waals surface area contributed by atoms with E-state index in [0.717, 1.165) is 12.8 Å². The van der Waals surface area contributed by atoms with E-state index in [1.807, 2.05) is 0 Å². The van der Waals surface area contributed by atoms with Gasteiger partial charge in [0.25, 0.3) is 5.97 Å². The first-order valence-electron chi connectivity index (χ1n) is 7.91. The Bertz CT molecular complexity index is 195. The van der Waals surface area contributed by atoms with Crippen LogP contribution in [0, 0.1) is 0 Å². The first-order chi connectivity index (χ1) is 9.50. The second-order valence-electron chi connectivity index (χ2n) is 5.55. The number of hydrogen-bond acceptors (Lipinski definition) is 2. The highest BCUT2D eigenvalue weighted by atomic mass is 35.5. The molecule has 0 rings (SSSR count). The Labute approximate surface area is 130 Å². The fraction of sp³-hybridized carbons (Fsp3) is 0.938. The van der Waals surface area contributed by atoms with Crippen LogP contribution >= 0.6 is 11.6 Å². The lowest BCUT2D eigenvalue weighted by molar-refractivity contribution is -0.134. The van der Waals surface area contributed by atoms with Crippen LogP contribution in [-0.2, 0) is 4.79 Å². The summed E-state index contributed by atoms with van der Waals surface area (Å²) in [5.41, 5.74) is 0. The quantitative estimate of drug-likeness (QED) is 0.417. The summed E-state index contributed by atoms with van der Waals surface area (Å²) in [4.78, 5) is 11.3. The molecule has 1 N–H and O–H groups in total. The van der Waals surface area contributed by atoms with Crippen LogP contribution in [0.25, 0.3) is 0 Å². The van der Waals surface area contributed by atoms with E-state index in [2.05, 4.69) is 19.0 Å². The molecule has 0 unspecified atom stereocenters. The molecular weight excluding hydrogens is 274 g/mol.